The number of benzene rings is 3. The number of hydrogen-bond donors (Lipinski definition) is 1. The normalized spacial score (nSPS) is 14.2. The summed E-state index contributed by atoms with van der Waals surface area (Å²) in [6, 6.07) is 14.7. The topological polar surface area (TPSA) is 119 Å². The molecule has 0 spiro atoms. The van der Waals surface area contributed by atoms with Gasteiger partial charge in [-0.05, 0) is 67.8 Å². The predicted molar refractivity (Wildman–Crippen MR) is 142 cm³/mol. The molecule has 1 aliphatic heterocycles. The average Bonchev–Trinajstić information content (AvgIpc) is 2.92. The molecule has 1 saturated heterocycles. The van der Waals surface area contributed by atoms with Crippen LogP contribution in [0.25, 0.3) is 0 Å². The maximum absolute atomic E-state index is 13.3. The highest BCUT2D eigenvalue weighted by Crippen LogP contribution is 2.39. The summed E-state index contributed by atoms with van der Waals surface area (Å²) in [5.74, 6) is -0.472. The quantitative estimate of drug-likeness (QED) is 0.225. The van der Waals surface area contributed by atoms with Gasteiger partial charge in [0.1, 0.15) is 17.3 Å². The van der Waals surface area contributed by atoms with Crippen LogP contribution in [0.5, 0.6) is 5.75 Å². The molecule has 1 N–H and O–H groups in total. The number of hydrogen-bond acceptors (Lipinski definition) is 7. The molecular weight excluding hydrogens is 513 g/mol. The number of piperidine rings is 1. The van der Waals surface area contributed by atoms with Gasteiger partial charge in [-0.2, -0.15) is 0 Å². The minimum Gasteiger partial charge on any atom is -0.495 e. The number of Topliss-reactive ketones (excluding diaryl/α,β-unsaturated/α-hetero) is 1. The number of para-hydroxylation sites is 2. The minimum absolute atomic E-state index is 0.0859. The SMILES string of the molecule is CCc1c(S(=O)(=O)Nc2ccccc2OC)ccc(N2CCC(C(=O)c3ccc(F)cc3)CC2)c1[N+](=O)[O-]. The molecule has 1 aliphatic rings. The van der Waals surface area contributed by atoms with Crippen LogP contribution >= 0.6 is 0 Å². The molecule has 38 heavy (non-hydrogen) atoms. The van der Waals surface area contributed by atoms with Crippen molar-refractivity contribution in [2.24, 2.45) is 5.92 Å². The van der Waals surface area contributed by atoms with Crippen molar-refractivity contribution in [3.63, 3.8) is 0 Å². The highest BCUT2D eigenvalue weighted by molar-refractivity contribution is 7.92. The minimum atomic E-state index is -4.17. The molecule has 1 fully saturated rings. The first-order chi connectivity index (χ1) is 18.2. The van der Waals surface area contributed by atoms with Gasteiger partial charge in [0.15, 0.2) is 5.78 Å². The maximum atomic E-state index is 13.3. The Morgan fingerprint density at radius 1 is 1.11 bits per heavy atom. The van der Waals surface area contributed by atoms with E-state index in [-0.39, 0.29) is 40.0 Å². The van der Waals surface area contributed by atoms with Crippen molar-refractivity contribution in [3.05, 3.63) is 87.7 Å². The van der Waals surface area contributed by atoms with E-state index in [0.717, 1.165) is 0 Å². The third kappa shape index (κ3) is 5.47. The fourth-order valence-corrected chi connectivity index (χ4v) is 6.20. The van der Waals surface area contributed by atoms with E-state index < -0.39 is 20.8 Å². The molecule has 0 unspecified atom stereocenters. The number of nitro groups is 1. The first-order valence-corrected chi connectivity index (χ1v) is 13.7. The number of carbonyl (C=O) groups excluding carboxylic acids is 1. The van der Waals surface area contributed by atoms with Gasteiger partial charge in [-0.3, -0.25) is 19.6 Å². The lowest BCUT2D eigenvalue weighted by Gasteiger charge is -2.33. The molecule has 4 rings (SSSR count). The number of halogens is 1. The number of anilines is 2. The Morgan fingerprint density at radius 2 is 1.76 bits per heavy atom. The van der Waals surface area contributed by atoms with Crippen molar-refractivity contribution >= 4 is 32.9 Å². The second-order valence-electron chi connectivity index (χ2n) is 8.96. The van der Waals surface area contributed by atoms with Crippen LogP contribution in [0.15, 0.2) is 65.6 Å². The van der Waals surface area contributed by atoms with Crippen LogP contribution < -0.4 is 14.4 Å². The first kappa shape index (κ1) is 27.1. The van der Waals surface area contributed by atoms with E-state index in [9.17, 15) is 27.7 Å². The number of rotatable bonds is 9. The number of ether oxygens (including phenoxy) is 1. The van der Waals surface area contributed by atoms with Crippen LogP contribution in [0.3, 0.4) is 0 Å². The molecular formula is C27H28FN3O6S. The average molecular weight is 542 g/mol. The number of nitro benzene ring substituents is 1. The van der Waals surface area contributed by atoms with Crippen LogP contribution in [-0.4, -0.2) is 39.3 Å². The van der Waals surface area contributed by atoms with Gasteiger partial charge in [0.2, 0.25) is 0 Å². The summed E-state index contributed by atoms with van der Waals surface area (Å²) in [5, 5.41) is 12.2. The lowest BCUT2D eigenvalue weighted by molar-refractivity contribution is -0.385. The molecule has 3 aromatic rings. The Hall–Kier alpha value is -3.99. The van der Waals surface area contributed by atoms with E-state index in [1.54, 1.807) is 31.2 Å². The van der Waals surface area contributed by atoms with E-state index in [2.05, 4.69) is 4.72 Å². The Bertz CT molecular complexity index is 1450. The first-order valence-electron chi connectivity index (χ1n) is 12.2. The standard InChI is InChI=1S/C27H28FN3O6S/c1-3-21-25(38(35,36)29-22-6-4-5-7-24(22)37-2)13-12-23(26(21)31(33)34)30-16-14-19(15-17-30)27(32)18-8-10-20(28)11-9-18/h4-13,19,29H,3,14-17H2,1-2H3. The third-order valence-corrected chi connectivity index (χ3v) is 8.18. The zero-order valence-electron chi connectivity index (χ0n) is 21.0. The summed E-state index contributed by atoms with van der Waals surface area (Å²) in [6.45, 7) is 2.43. The molecule has 3 aromatic carbocycles. The van der Waals surface area contributed by atoms with Crippen molar-refractivity contribution in [2.45, 2.75) is 31.1 Å². The third-order valence-electron chi connectivity index (χ3n) is 6.73. The highest BCUT2D eigenvalue weighted by atomic mass is 32.2. The Balaban J connectivity index is 1.61. The number of nitrogens with one attached hydrogen (secondary N) is 1. The van der Waals surface area contributed by atoms with E-state index in [0.29, 0.717) is 42.9 Å². The summed E-state index contributed by atoms with van der Waals surface area (Å²) in [6.07, 6.45) is 1.04. The van der Waals surface area contributed by atoms with Crippen LogP contribution in [-0.2, 0) is 16.4 Å². The van der Waals surface area contributed by atoms with Crippen molar-refractivity contribution in [1.82, 2.24) is 0 Å². The van der Waals surface area contributed by atoms with Gasteiger partial charge in [-0.15, -0.1) is 0 Å². The fraction of sp³-hybridized carbons (Fsp3) is 0.296. The molecule has 9 nitrogen and oxygen atoms in total. The second kappa shape index (κ2) is 11.2. The summed E-state index contributed by atoms with van der Waals surface area (Å²) in [7, 11) is -2.75. The van der Waals surface area contributed by atoms with Gasteiger partial charge < -0.3 is 9.64 Å². The van der Waals surface area contributed by atoms with Gasteiger partial charge in [0.05, 0.1) is 28.2 Å². The Morgan fingerprint density at radius 3 is 2.37 bits per heavy atom. The van der Waals surface area contributed by atoms with Crippen LogP contribution in [0.1, 0.15) is 35.7 Å². The van der Waals surface area contributed by atoms with Gasteiger partial charge in [0.25, 0.3) is 15.7 Å². The Kier molecular flexibility index (Phi) is 7.96. The largest absolute Gasteiger partial charge is 0.495 e. The second-order valence-corrected chi connectivity index (χ2v) is 10.6. The molecule has 0 atom stereocenters. The summed E-state index contributed by atoms with van der Waals surface area (Å²) in [4.78, 5) is 26.2. The van der Waals surface area contributed by atoms with E-state index in [4.69, 9.17) is 4.74 Å². The zero-order chi connectivity index (χ0) is 27.4. The summed E-state index contributed by atoms with van der Waals surface area (Å²) in [5.41, 5.74) is 0.798. The van der Waals surface area contributed by atoms with E-state index >= 15 is 0 Å². The fourth-order valence-electron chi connectivity index (χ4n) is 4.82. The van der Waals surface area contributed by atoms with Crippen molar-refractivity contribution in [3.8, 4) is 5.75 Å². The smallest absolute Gasteiger partial charge is 0.297 e. The lowest BCUT2D eigenvalue weighted by Crippen LogP contribution is -2.37. The van der Waals surface area contributed by atoms with Gasteiger partial charge in [-0.1, -0.05) is 19.1 Å². The van der Waals surface area contributed by atoms with Crippen molar-refractivity contribution in [1.29, 1.82) is 0 Å². The summed E-state index contributed by atoms with van der Waals surface area (Å²) >= 11 is 0. The molecule has 0 amide bonds. The van der Waals surface area contributed by atoms with Gasteiger partial charge >= 0.3 is 0 Å². The number of nitrogens with zero attached hydrogens (tertiary/aromatic N) is 2. The Labute approximate surface area is 220 Å². The monoisotopic (exact) mass is 541 g/mol. The van der Waals surface area contributed by atoms with Crippen LogP contribution in [0, 0.1) is 21.8 Å². The van der Waals surface area contributed by atoms with E-state index in [1.165, 1.54) is 43.5 Å². The molecule has 0 radical (unpaired) electrons. The number of methoxy groups -OCH3 is 1. The number of ketones is 1. The van der Waals surface area contributed by atoms with Crippen molar-refractivity contribution < 1.29 is 27.3 Å². The number of carbonyl (C=O) groups is 1. The van der Waals surface area contributed by atoms with Crippen LogP contribution in [0.4, 0.5) is 21.5 Å². The molecule has 11 heteroatoms. The molecule has 0 bridgehead atoms. The predicted octanol–water partition coefficient (Wildman–Crippen LogP) is 5.21. The van der Waals surface area contributed by atoms with Crippen LogP contribution in [0.2, 0.25) is 0 Å². The zero-order valence-corrected chi connectivity index (χ0v) is 21.8. The van der Waals surface area contributed by atoms with Crippen molar-refractivity contribution in [2.75, 3.05) is 29.8 Å². The summed E-state index contributed by atoms with van der Waals surface area (Å²) < 4.78 is 47.6. The molecule has 0 aliphatic carbocycles. The molecule has 0 aromatic heterocycles. The van der Waals surface area contributed by atoms with Gasteiger partial charge in [0, 0.05) is 24.6 Å². The van der Waals surface area contributed by atoms with Gasteiger partial charge in [-0.25, -0.2) is 12.8 Å². The lowest BCUT2D eigenvalue weighted by atomic mass is 9.88. The molecule has 200 valence electrons. The maximum Gasteiger partial charge on any atom is 0.297 e. The molecule has 1 heterocycles. The highest BCUT2D eigenvalue weighted by Gasteiger charge is 2.33. The molecule has 0 saturated carbocycles. The van der Waals surface area contributed by atoms with E-state index in [1.807, 2.05) is 4.90 Å². The number of sulfonamides is 1.